The minimum atomic E-state index is 0.156. The maximum absolute atomic E-state index is 12.9. The van der Waals surface area contributed by atoms with E-state index in [1.54, 1.807) is 14.2 Å². The SMILES string of the molecule is COc1ccc(CC(=O)N2CCCCC(c3ccc(Cl)cc3)C2)cc1OC. The summed E-state index contributed by atoms with van der Waals surface area (Å²) in [7, 11) is 3.21. The van der Waals surface area contributed by atoms with Gasteiger partial charge in [-0.05, 0) is 48.2 Å². The minimum absolute atomic E-state index is 0.156. The molecule has 0 saturated carbocycles. The molecule has 1 heterocycles. The Morgan fingerprint density at radius 2 is 1.81 bits per heavy atom. The largest absolute Gasteiger partial charge is 0.493 e. The van der Waals surface area contributed by atoms with E-state index in [2.05, 4.69) is 12.1 Å². The first kappa shape index (κ1) is 19.6. The highest BCUT2D eigenvalue weighted by atomic mass is 35.5. The molecular weight excluding hydrogens is 362 g/mol. The summed E-state index contributed by atoms with van der Waals surface area (Å²) in [6.45, 7) is 1.57. The van der Waals surface area contributed by atoms with E-state index in [0.29, 0.717) is 23.8 Å². The van der Waals surface area contributed by atoms with Crippen molar-refractivity contribution >= 4 is 17.5 Å². The summed E-state index contributed by atoms with van der Waals surface area (Å²) in [6.07, 6.45) is 3.64. The van der Waals surface area contributed by atoms with Gasteiger partial charge in [-0.3, -0.25) is 4.79 Å². The second-order valence-corrected chi connectivity index (χ2v) is 7.39. The number of likely N-dealkylation sites (tertiary alicyclic amines) is 1. The zero-order chi connectivity index (χ0) is 19.2. The van der Waals surface area contributed by atoms with Gasteiger partial charge in [-0.1, -0.05) is 36.2 Å². The lowest BCUT2D eigenvalue weighted by atomic mass is 9.94. The summed E-state index contributed by atoms with van der Waals surface area (Å²) < 4.78 is 10.6. The summed E-state index contributed by atoms with van der Waals surface area (Å²) in [5.41, 5.74) is 2.19. The number of benzene rings is 2. The summed E-state index contributed by atoms with van der Waals surface area (Å²) >= 11 is 6.01. The van der Waals surface area contributed by atoms with Gasteiger partial charge in [0.2, 0.25) is 5.91 Å². The lowest BCUT2D eigenvalue weighted by Gasteiger charge is -2.25. The van der Waals surface area contributed by atoms with Crippen LogP contribution in [0, 0.1) is 0 Å². The fraction of sp³-hybridized carbons (Fsp3) is 0.409. The molecule has 0 aromatic heterocycles. The van der Waals surface area contributed by atoms with E-state index >= 15 is 0 Å². The lowest BCUT2D eigenvalue weighted by Crippen LogP contribution is -2.35. The van der Waals surface area contributed by atoms with Crippen LogP contribution in [0.5, 0.6) is 11.5 Å². The van der Waals surface area contributed by atoms with E-state index in [0.717, 1.165) is 42.9 Å². The van der Waals surface area contributed by atoms with Crippen molar-refractivity contribution in [2.45, 2.75) is 31.6 Å². The number of ether oxygens (including phenoxy) is 2. The molecule has 1 atom stereocenters. The molecule has 4 nitrogen and oxygen atoms in total. The van der Waals surface area contributed by atoms with E-state index in [1.165, 1.54) is 5.56 Å². The first-order valence-corrected chi connectivity index (χ1v) is 9.72. The number of carbonyl (C=O) groups is 1. The van der Waals surface area contributed by atoms with Gasteiger partial charge in [-0.15, -0.1) is 0 Å². The van der Waals surface area contributed by atoms with Gasteiger partial charge in [0, 0.05) is 24.0 Å². The zero-order valence-corrected chi connectivity index (χ0v) is 16.7. The Balaban J connectivity index is 1.70. The smallest absolute Gasteiger partial charge is 0.227 e. The van der Waals surface area contributed by atoms with Crippen LogP contribution in [0.25, 0.3) is 0 Å². The average molecular weight is 388 g/mol. The first-order chi connectivity index (χ1) is 13.1. The Labute approximate surface area is 166 Å². The van der Waals surface area contributed by atoms with Crippen molar-refractivity contribution in [2.75, 3.05) is 27.3 Å². The standard InChI is InChI=1S/C22H26ClNO3/c1-26-20-11-6-16(13-21(20)27-2)14-22(25)24-12-4-3-5-18(15-24)17-7-9-19(23)10-8-17/h6-11,13,18H,3-5,12,14-15H2,1-2H3. The second-order valence-electron chi connectivity index (χ2n) is 6.95. The summed E-state index contributed by atoms with van der Waals surface area (Å²) in [5, 5.41) is 0.744. The van der Waals surface area contributed by atoms with Gasteiger partial charge in [0.15, 0.2) is 11.5 Å². The molecule has 1 unspecified atom stereocenters. The molecule has 3 rings (SSSR count). The molecule has 0 N–H and O–H groups in total. The van der Waals surface area contributed by atoms with Crippen LogP contribution >= 0.6 is 11.6 Å². The maximum Gasteiger partial charge on any atom is 0.227 e. The van der Waals surface area contributed by atoms with Crippen LogP contribution < -0.4 is 9.47 Å². The van der Waals surface area contributed by atoms with Crippen LogP contribution in [0.2, 0.25) is 5.02 Å². The number of hydrogen-bond donors (Lipinski definition) is 0. The van der Waals surface area contributed by atoms with Crippen LogP contribution in [-0.2, 0) is 11.2 Å². The highest BCUT2D eigenvalue weighted by Crippen LogP contribution is 2.30. The molecule has 1 aliphatic rings. The highest BCUT2D eigenvalue weighted by Gasteiger charge is 2.23. The zero-order valence-electron chi connectivity index (χ0n) is 15.9. The fourth-order valence-electron chi connectivity index (χ4n) is 3.65. The predicted molar refractivity (Wildman–Crippen MR) is 108 cm³/mol. The number of carbonyl (C=O) groups excluding carboxylic acids is 1. The van der Waals surface area contributed by atoms with E-state index in [4.69, 9.17) is 21.1 Å². The Morgan fingerprint density at radius 1 is 1.07 bits per heavy atom. The van der Waals surface area contributed by atoms with Gasteiger partial charge in [0.1, 0.15) is 0 Å². The average Bonchev–Trinajstić information content (AvgIpc) is 2.95. The van der Waals surface area contributed by atoms with Crippen LogP contribution in [-0.4, -0.2) is 38.1 Å². The predicted octanol–water partition coefficient (Wildman–Crippen LogP) is 4.70. The number of methoxy groups -OCH3 is 2. The highest BCUT2D eigenvalue weighted by molar-refractivity contribution is 6.30. The first-order valence-electron chi connectivity index (χ1n) is 9.35. The molecule has 1 fully saturated rings. The topological polar surface area (TPSA) is 38.8 Å². The third kappa shape index (κ3) is 4.95. The van der Waals surface area contributed by atoms with Gasteiger partial charge in [0.05, 0.1) is 20.6 Å². The molecule has 5 heteroatoms. The van der Waals surface area contributed by atoms with Crippen LogP contribution in [0.3, 0.4) is 0 Å². The molecule has 1 saturated heterocycles. The van der Waals surface area contributed by atoms with E-state index in [-0.39, 0.29) is 5.91 Å². The maximum atomic E-state index is 12.9. The number of nitrogens with zero attached hydrogens (tertiary/aromatic N) is 1. The Kier molecular flexibility index (Phi) is 6.62. The van der Waals surface area contributed by atoms with E-state index in [9.17, 15) is 4.79 Å². The molecular formula is C22H26ClNO3. The summed E-state index contributed by atoms with van der Waals surface area (Å²) in [6, 6.07) is 13.7. The van der Waals surface area contributed by atoms with Crippen molar-refractivity contribution in [3.63, 3.8) is 0 Å². The third-order valence-electron chi connectivity index (χ3n) is 5.17. The van der Waals surface area contributed by atoms with E-state index in [1.807, 2.05) is 35.2 Å². The van der Waals surface area contributed by atoms with Crippen molar-refractivity contribution in [1.29, 1.82) is 0 Å². The van der Waals surface area contributed by atoms with Crippen molar-refractivity contribution in [3.05, 3.63) is 58.6 Å². The minimum Gasteiger partial charge on any atom is -0.493 e. The molecule has 2 aromatic carbocycles. The molecule has 27 heavy (non-hydrogen) atoms. The molecule has 0 radical (unpaired) electrons. The third-order valence-corrected chi connectivity index (χ3v) is 5.42. The second kappa shape index (κ2) is 9.14. The molecule has 144 valence electrons. The van der Waals surface area contributed by atoms with Crippen molar-refractivity contribution in [3.8, 4) is 11.5 Å². The molecule has 0 bridgehead atoms. The molecule has 0 aliphatic carbocycles. The quantitative estimate of drug-likeness (QED) is 0.746. The van der Waals surface area contributed by atoms with Crippen LogP contribution in [0.15, 0.2) is 42.5 Å². The Hall–Kier alpha value is -2.20. The summed E-state index contributed by atoms with van der Waals surface area (Å²) in [4.78, 5) is 14.9. The number of halogens is 1. The Bertz CT molecular complexity index is 776. The van der Waals surface area contributed by atoms with Crippen molar-refractivity contribution < 1.29 is 14.3 Å². The summed E-state index contributed by atoms with van der Waals surface area (Å²) in [5.74, 6) is 1.84. The molecule has 1 amide bonds. The normalized spacial score (nSPS) is 17.3. The van der Waals surface area contributed by atoms with Crippen molar-refractivity contribution in [1.82, 2.24) is 4.90 Å². The van der Waals surface area contributed by atoms with Gasteiger partial charge in [-0.2, -0.15) is 0 Å². The number of amides is 1. The van der Waals surface area contributed by atoms with Gasteiger partial charge in [0.25, 0.3) is 0 Å². The molecule has 2 aromatic rings. The van der Waals surface area contributed by atoms with E-state index < -0.39 is 0 Å². The molecule has 0 spiro atoms. The lowest BCUT2D eigenvalue weighted by molar-refractivity contribution is -0.130. The number of hydrogen-bond acceptors (Lipinski definition) is 3. The monoisotopic (exact) mass is 387 g/mol. The van der Waals surface area contributed by atoms with Crippen LogP contribution in [0.4, 0.5) is 0 Å². The van der Waals surface area contributed by atoms with Gasteiger partial charge >= 0.3 is 0 Å². The van der Waals surface area contributed by atoms with Crippen LogP contribution in [0.1, 0.15) is 36.3 Å². The van der Waals surface area contributed by atoms with Gasteiger partial charge < -0.3 is 14.4 Å². The van der Waals surface area contributed by atoms with Gasteiger partial charge in [-0.25, -0.2) is 0 Å². The fourth-order valence-corrected chi connectivity index (χ4v) is 3.78. The van der Waals surface area contributed by atoms with Crippen molar-refractivity contribution in [2.24, 2.45) is 0 Å². The molecule has 1 aliphatic heterocycles. The number of rotatable bonds is 5. The Morgan fingerprint density at radius 3 is 2.52 bits per heavy atom.